The van der Waals surface area contributed by atoms with Gasteiger partial charge in [0, 0.05) is 5.02 Å². The molecule has 1 heterocycles. The van der Waals surface area contributed by atoms with Crippen molar-refractivity contribution < 1.29 is 4.79 Å². The maximum atomic E-state index is 13.6. The molecule has 0 aliphatic carbocycles. The smallest absolute Gasteiger partial charge is 0.261 e. The van der Waals surface area contributed by atoms with Crippen molar-refractivity contribution in [2.75, 3.05) is 4.90 Å². The Kier molecular flexibility index (Phi) is 6.09. The second-order valence-electron chi connectivity index (χ2n) is 7.35. The zero-order valence-electron chi connectivity index (χ0n) is 16.6. The molecule has 0 bridgehead atoms. The van der Waals surface area contributed by atoms with Crippen molar-refractivity contribution in [2.24, 2.45) is 0 Å². The highest BCUT2D eigenvalue weighted by Gasteiger charge is 2.24. The van der Waals surface area contributed by atoms with Crippen molar-refractivity contribution in [1.82, 2.24) is 4.98 Å². The lowest BCUT2D eigenvalue weighted by Gasteiger charge is -2.21. The van der Waals surface area contributed by atoms with Gasteiger partial charge in [-0.2, -0.15) is 0 Å². The monoisotopic (exact) mass is 454 g/mol. The molecule has 0 saturated heterocycles. The van der Waals surface area contributed by atoms with Crippen LogP contribution in [-0.2, 0) is 6.54 Å². The van der Waals surface area contributed by atoms with Crippen molar-refractivity contribution in [3.63, 3.8) is 0 Å². The summed E-state index contributed by atoms with van der Waals surface area (Å²) in [4.78, 5) is 20.1. The molecule has 0 atom stereocenters. The molecule has 0 saturated carbocycles. The number of benzene rings is 3. The summed E-state index contributed by atoms with van der Waals surface area (Å²) in [6.07, 6.45) is 0. The summed E-state index contributed by atoms with van der Waals surface area (Å²) >= 11 is 14.0. The first-order valence-corrected chi connectivity index (χ1v) is 11.2. The van der Waals surface area contributed by atoms with Crippen molar-refractivity contribution in [3.05, 3.63) is 93.5 Å². The molecule has 0 aliphatic rings. The van der Waals surface area contributed by atoms with E-state index in [0.717, 1.165) is 15.8 Å². The lowest BCUT2D eigenvalue weighted by atomic mass is 10.0. The molecule has 4 aromatic rings. The Morgan fingerprint density at radius 1 is 1.03 bits per heavy atom. The Morgan fingerprint density at radius 2 is 1.80 bits per heavy atom. The summed E-state index contributed by atoms with van der Waals surface area (Å²) in [5.41, 5.74) is 3.48. The first kappa shape index (κ1) is 20.9. The zero-order chi connectivity index (χ0) is 21.3. The van der Waals surface area contributed by atoms with Crippen LogP contribution in [0.5, 0.6) is 0 Å². The van der Waals surface area contributed by atoms with Gasteiger partial charge in [-0.25, -0.2) is 4.98 Å². The normalized spacial score (nSPS) is 11.2. The third-order valence-electron chi connectivity index (χ3n) is 4.88. The average Bonchev–Trinajstić information content (AvgIpc) is 3.17. The number of thiazole rings is 1. The molecule has 4 rings (SSSR count). The summed E-state index contributed by atoms with van der Waals surface area (Å²) < 4.78 is 1.05. The molecule has 0 radical (unpaired) electrons. The van der Waals surface area contributed by atoms with Gasteiger partial charge in [0.25, 0.3) is 5.91 Å². The van der Waals surface area contributed by atoms with Crippen LogP contribution in [0.2, 0.25) is 10.0 Å². The number of hydrogen-bond acceptors (Lipinski definition) is 3. The number of fused-ring (bicyclic) bond motifs is 1. The molecule has 0 unspecified atom stereocenters. The molecule has 30 heavy (non-hydrogen) atoms. The maximum Gasteiger partial charge on any atom is 0.261 e. The van der Waals surface area contributed by atoms with E-state index in [0.29, 0.717) is 33.2 Å². The van der Waals surface area contributed by atoms with Gasteiger partial charge in [0.2, 0.25) is 0 Å². The number of carbonyl (C=O) groups excluding carboxylic acids is 1. The van der Waals surface area contributed by atoms with Gasteiger partial charge in [0.05, 0.1) is 27.3 Å². The molecule has 152 valence electrons. The van der Waals surface area contributed by atoms with E-state index in [1.807, 2.05) is 42.5 Å². The molecule has 0 aliphatic heterocycles. The summed E-state index contributed by atoms with van der Waals surface area (Å²) in [7, 11) is 0. The van der Waals surface area contributed by atoms with Crippen molar-refractivity contribution >= 4 is 55.8 Å². The number of nitrogens with zero attached hydrogens (tertiary/aromatic N) is 2. The molecular formula is C24H20Cl2N2OS. The van der Waals surface area contributed by atoms with Crippen molar-refractivity contribution in [3.8, 4) is 0 Å². The Morgan fingerprint density at radius 3 is 2.53 bits per heavy atom. The lowest BCUT2D eigenvalue weighted by molar-refractivity contribution is 0.0985. The van der Waals surface area contributed by atoms with Crippen molar-refractivity contribution in [2.45, 2.75) is 26.3 Å². The van der Waals surface area contributed by atoms with Crippen LogP contribution in [0.3, 0.4) is 0 Å². The predicted molar refractivity (Wildman–Crippen MR) is 127 cm³/mol. The standard InChI is InChI=1S/C24H20Cl2N2OS/c1-15(2)18-9-6-10-21-22(18)27-24(30-21)28(14-16-7-4-3-5-8-16)23(29)19-13-17(25)11-12-20(19)26/h3-13,15H,14H2,1-2H3. The van der Waals surface area contributed by atoms with Gasteiger partial charge in [0.1, 0.15) is 0 Å². The lowest BCUT2D eigenvalue weighted by Crippen LogP contribution is -2.30. The van der Waals surface area contributed by atoms with Crippen LogP contribution in [-0.4, -0.2) is 10.9 Å². The van der Waals surface area contributed by atoms with Crippen LogP contribution in [0.25, 0.3) is 10.2 Å². The fraction of sp³-hybridized carbons (Fsp3) is 0.167. The third kappa shape index (κ3) is 4.22. The van der Waals surface area contributed by atoms with E-state index in [1.165, 1.54) is 16.9 Å². The highest BCUT2D eigenvalue weighted by molar-refractivity contribution is 7.22. The van der Waals surface area contributed by atoms with Crippen LogP contribution in [0.4, 0.5) is 5.13 Å². The van der Waals surface area contributed by atoms with Gasteiger partial charge >= 0.3 is 0 Å². The first-order valence-electron chi connectivity index (χ1n) is 9.64. The molecule has 6 heteroatoms. The summed E-state index contributed by atoms with van der Waals surface area (Å²) in [5.74, 6) is 0.112. The third-order valence-corrected chi connectivity index (χ3v) is 6.49. The average molecular weight is 455 g/mol. The van der Waals surface area contributed by atoms with E-state index in [4.69, 9.17) is 28.2 Å². The quantitative estimate of drug-likeness (QED) is 0.311. The number of rotatable bonds is 5. The number of para-hydroxylation sites is 1. The topological polar surface area (TPSA) is 33.2 Å². The molecule has 0 spiro atoms. The zero-order valence-corrected chi connectivity index (χ0v) is 18.9. The number of anilines is 1. The van der Waals surface area contributed by atoms with E-state index < -0.39 is 0 Å². The highest BCUT2D eigenvalue weighted by Crippen LogP contribution is 2.35. The first-order chi connectivity index (χ1) is 14.4. The number of aromatic nitrogens is 1. The van der Waals surface area contributed by atoms with Gasteiger partial charge in [0.15, 0.2) is 5.13 Å². The minimum absolute atomic E-state index is 0.225. The summed E-state index contributed by atoms with van der Waals surface area (Å²) in [6, 6.07) is 21.0. The Bertz CT molecular complexity index is 1200. The van der Waals surface area contributed by atoms with E-state index >= 15 is 0 Å². The second kappa shape index (κ2) is 8.76. The minimum atomic E-state index is -0.225. The van der Waals surface area contributed by atoms with Gasteiger partial charge in [-0.1, -0.05) is 90.9 Å². The van der Waals surface area contributed by atoms with Gasteiger partial charge < -0.3 is 0 Å². The van der Waals surface area contributed by atoms with Gasteiger partial charge in [-0.15, -0.1) is 0 Å². The van der Waals surface area contributed by atoms with Crippen LogP contribution < -0.4 is 4.90 Å². The molecule has 1 aromatic heterocycles. The fourth-order valence-corrected chi connectivity index (χ4v) is 4.71. The number of hydrogen-bond donors (Lipinski definition) is 0. The van der Waals surface area contributed by atoms with Gasteiger partial charge in [-0.3, -0.25) is 9.69 Å². The van der Waals surface area contributed by atoms with Crippen LogP contribution >= 0.6 is 34.5 Å². The Balaban J connectivity index is 1.83. The second-order valence-corrected chi connectivity index (χ2v) is 9.20. The summed E-state index contributed by atoms with van der Waals surface area (Å²) in [6.45, 7) is 4.68. The molecular weight excluding hydrogens is 435 g/mol. The Labute approximate surface area is 189 Å². The van der Waals surface area contributed by atoms with Crippen LogP contribution in [0.1, 0.15) is 41.3 Å². The summed E-state index contributed by atoms with van der Waals surface area (Å²) in [5, 5.41) is 1.48. The molecule has 1 amide bonds. The minimum Gasteiger partial charge on any atom is -0.279 e. The largest absolute Gasteiger partial charge is 0.279 e. The fourth-order valence-electron chi connectivity index (χ4n) is 3.34. The van der Waals surface area contributed by atoms with Crippen LogP contribution in [0.15, 0.2) is 66.7 Å². The number of carbonyl (C=O) groups is 1. The highest BCUT2D eigenvalue weighted by atomic mass is 35.5. The molecule has 0 fully saturated rings. The van der Waals surface area contributed by atoms with E-state index in [1.54, 1.807) is 23.1 Å². The SMILES string of the molecule is CC(C)c1cccc2sc(N(Cc3ccccc3)C(=O)c3cc(Cl)ccc3Cl)nc12. The van der Waals surface area contributed by atoms with Gasteiger partial charge in [-0.05, 0) is 41.3 Å². The van der Waals surface area contributed by atoms with Crippen LogP contribution in [0, 0.1) is 0 Å². The molecule has 3 aromatic carbocycles. The maximum absolute atomic E-state index is 13.6. The number of amides is 1. The molecule has 3 nitrogen and oxygen atoms in total. The molecule has 0 N–H and O–H groups in total. The van der Waals surface area contributed by atoms with Crippen molar-refractivity contribution in [1.29, 1.82) is 0 Å². The Hall–Kier alpha value is -2.40. The van der Waals surface area contributed by atoms with E-state index in [9.17, 15) is 4.79 Å². The van der Waals surface area contributed by atoms with E-state index in [2.05, 4.69) is 19.9 Å². The predicted octanol–water partition coefficient (Wildman–Crippen LogP) is 7.57. The van der Waals surface area contributed by atoms with E-state index in [-0.39, 0.29) is 5.91 Å². The number of halogens is 2.